The lowest BCUT2D eigenvalue weighted by Crippen LogP contribution is -1.99. The molecule has 9 heteroatoms. The van der Waals surface area contributed by atoms with Gasteiger partial charge in [-0.2, -0.15) is 0 Å². The monoisotopic (exact) mass is 274 g/mol. The minimum absolute atomic E-state index is 0.213. The highest BCUT2D eigenvalue weighted by Gasteiger charge is 2.27. The lowest BCUT2D eigenvalue weighted by molar-refractivity contribution is -0.422. The zero-order valence-corrected chi connectivity index (χ0v) is 10.4. The fraction of sp³-hybridized carbons (Fsp3) is 0.222. The van der Waals surface area contributed by atoms with E-state index in [0.29, 0.717) is 0 Å². The number of hydrogen-bond acceptors (Lipinski definition) is 6. The summed E-state index contributed by atoms with van der Waals surface area (Å²) in [5.74, 6) is 0. The number of carbonyl (C=O) groups is 1. The fourth-order valence-electron chi connectivity index (χ4n) is 0.990. The van der Waals surface area contributed by atoms with E-state index in [4.69, 9.17) is 0 Å². The van der Waals surface area contributed by atoms with Gasteiger partial charge in [0.15, 0.2) is 6.29 Å². The molecule has 0 bridgehead atoms. The molecule has 0 aromatic heterocycles. The van der Waals surface area contributed by atoms with Gasteiger partial charge < -0.3 is 4.55 Å². The van der Waals surface area contributed by atoms with Crippen molar-refractivity contribution in [1.29, 1.82) is 0 Å². The van der Waals surface area contributed by atoms with Gasteiger partial charge in [-0.3, -0.25) is 25.0 Å². The van der Waals surface area contributed by atoms with Crippen LogP contribution in [0.25, 0.3) is 0 Å². The zero-order chi connectivity index (χ0) is 14.3. The molecule has 0 fully saturated rings. The van der Waals surface area contributed by atoms with Crippen LogP contribution in [0, 0.1) is 20.2 Å². The number of nitro groups is 2. The minimum Gasteiger partial charge on any atom is -0.617 e. The Bertz CT molecular complexity index is 460. The topological polar surface area (TPSA) is 126 Å². The molecule has 8 nitrogen and oxygen atoms in total. The highest BCUT2D eigenvalue weighted by atomic mass is 32.2. The zero-order valence-electron chi connectivity index (χ0n) is 9.56. The Morgan fingerprint density at radius 2 is 1.67 bits per heavy atom. The van der Waals surface area contributed by atoms with Crippen molar-refractivity contribution in [3.63, 3.8) is 0 Å². The van der Waals surface area contributed by atoms with Crippen molar-refractivity contribution in [2.24, 2.45) is 0 Å². The summed E-state index contributed by atoms with van der Waals surface area (Å²) in [5, 5.41) is 20.8. The van der Waals surface area contributed by atoms with Crippen molar-refractivity contribution in [2.75, 3.05) is 12.5 Å². The second-order valence-corrected chi connectivity index (χ2v) is 4.57. The number of nitro benzene ring substituents is 2. The smallest absolute Gasteiger partial charge is 0.356 e. The SMILES string of the molecule is C[S+](C)[O-].O=Cc1cccc([N+](=O)[O-])c1[N+](=O)[O-]. The van der Waals surface area contributed by atoms with Gasteiger partial charge >= 0.3 is 11.4 Å². The molecule has 0 amide bonds. The van der Waals surface area contributed by atoms with Crippen LogP contribution in [0.4, 0.5) is 11.4 Å². The third-order valence-electron chi connectivity index (χ3n) is 1.55. The first-order valence-electron chi connectivity index (χ1n) is 4.43. The van der Waals surface area contributed by atoms with E-state index in [2.05, 4.69) is 0 Å². The van der Waals surface area contributed by atoms with Crippen LogP contribution in [0.15, 0.2) is 18.2 Å². The molecular formula is C9H10N2O6S. The fourth-order valence-corrected chi connectivity index (χ4v) is 0.990. The highest BCUT2D eigenvalue weighted by molar-refractivity contribution is 7.89. The molecule has 0 saturated carbocycles. The molecule has 0 N–H and O–H groups in total. The second kappa shape index (κ2) is 7.35. The van der Waals surface area contributed by atoms with Crippen LogP contribution in [0.2, 0.25) is 0 Å². The van der Waals surface area contributed by atoms with E-state index in [1.54, 1.807) is 12.5 Å². The Balaban J connectivity index is 0.000000631. The number of carbonyl (C=O) groups excluding carboxylic acids is 1. The van der Waals surface area contributed by atoms with Crippen LogP contribution in [-0.2, 0) is 11.2 Å². The number of nitrogens with zero attached hydrogens (tertiary/aromatic N) is 2. The Hall–Kier alpha value is -2.00. The molecular weight excluding hydrogens is 264 g/mol. The van der Waals surface area contributed by atoms with Gasteiger partial charge in [0.1, 0.15) is 0 Å². The van der Waals surface area contributed by atoms with Crippen molar-refractivity contribution in [3.05, 3.63) is 44.0 Å². The number of para-hydroxylation sites is 1. The van der Waals surface area contributed by atoms with Gasteiger partial charge in [0, 0.05) is 6.07 Å². The molecule has 0 aliphatic rings. The number of hydrogen-bond donors (Lipinski definition) is 0. The van der Waals surface area contributed by atoms with Gasteiger partial charge in [0.05, 0.1) is 27.9 Å². The van der Waals surface area contributed by atoms with Crippen LogP contribution in [-0.4, -0.2) is 33.2 Å². The van der Waals surface area contributed by atoms with Gasteiger partial charge in [-0.1, -0.05) is 17.2 Å². The average molecular weight is 274 g/mol. The summed E-state index contributed by atoms with van der Waals surface area (Å²) >= 11 is -0.611. The Labute approximate surface area is 105 Å². The lowest BCUT2D eigenvalue weighted by atomic mass is 10.2. The molecule has 0 heterocycles. The maximum Gasteiger partial charge on any atom is 0.356 e. The van der Waals surface area contributed by atoms with E-state index < -0.39 is 32.4 Å². The summed E-state index contributed by atoms with van der Waals surface area (Å²) in [6.07, 6.45) is 3.49. The van der Waals surface area contributed by atoms with Crippen LogP contribution < -0.4 is 0 Å². The predicted molar refractivity (Wildman–Crippen MR) is 65.1 cm³/mol. The van der Waals surface area contributed by atoms with Gasteiger partial charge in [-0.25, -0.2) is 0 Å². The van der Waals surface area contributed by atoms with Gasteiger partial charge in [-0.05, 0) is 6.07 Å². The van der Waals surface area contributed by atoms with Gasteiger partial charge in [0.2, 0.25) is 0 Å². The van der Waals surface area contributed by atoms with Crippen molar-refractivity contribution < 1.29 is 19.2 Å². The maximum absolute atomic E-state index is 10.4. The van der Waals surface area contributed by atoms with Crippen LogP contribution in [0.3, 0.4) is 0 Å². The molecule has 1 rings (SSSR count). The largest absolute Gasteiger partial charge is 0.617 e. The summed E-state index contributed by atoms with van der Waals surface area (Å²) in [5.41, 5.74) is -1.75. The third-order valence-corrected chi connectivity index (χ3v) is 1.55. The number of aldehydes is 1. The molecule has 1 aromatic rings. The standard InChI is InChI=1S/C7H4N2O5.C2H6OS/c10-4-5-2-1-3-6(8(11)12)7(5)9(13)14;1-4(2)3/h1-4H;1-2H3. The first-order chi connectivity index (χ1) is 8.31. The molecule has 0 radical (unpaired) electrons. The van der Waals surface area contributed by atoms with Crippen molar-refractivity contribution >= 4 is 28.8 Å². The first kappa shape index (κ1) is 16.0. The average Bonchev–Trinajstić information content (AvgIpc) is 2.26. The molecule has 0 aliphatic heterocycles. The van der Waals surface area contributed by atoms with Crippen molar-refractivity contribution in [3.8, 4) is 0 Å². The van der Waals surface area contributed by atoms with Crippen molar-refractivity contribution in [1.82, 2.24) is 0 Å². The molecule has 98 valence electrons. The van der Waals surface area contributed by atoms with Crippen LogP contribution >= 0.6 is 0 Å². The van der Waals surface area contributed by atoms with E-state index in [9.17, 15) is 29.6 Å². The van der Waals surface area contributed by atoms with E-state index in [1.165, 1.54) is 6.07 Å². The Morgan fingerprint density at radius 1 is 1.17 bits per heavy atom. The van der Waals surface area contributed by atoms with E-state index in [0.717, 1.165) is 12.1 Å². The first-order valence-corrected chi connectivity index (χ1v) is 6.40. The summed E-state index contributed by atoms with van der Waals surface area (Å²) in [6.45, 7) is 0. The molecule has 0 aliphatic carbocycles. The predicted octanol–water partition coefficient (Wildman–Crippen LogP) is 1.31. The lowest BCUT2D eigenvalue weighted by Gasteiger charge is -1.95. The van der Waals surface area contributed by atoms with Crippen molar-refractivity contribution in [2.45, 2.75) is 0 Å². The normalized spacial score (nSPS) is 9.33. The summed E-state index contributed by atoms with van der Waals surface area (Å²) in [4.78, 5) is 29.4. The molecule has 0 atom stereocenters. The van der Waals surface area contributed by atoms with E-state index in [-0.39, 0.29) is 11.8 Å². The van der Waals surface area contributed by atoms with E-state index >= 15 is 0 Å². The molecule has 1 aromatic carbocycles. The summed E-state index contributed by atoms with van der Waals surface area (Å²) < 4.78 is 9.56. The van der Waals surface area contributed by atoms with E-state index in [1.807, 2.05) is 0 Å². The Morgan fingerprint density at radius 3 is 2.00 bits per heavy atom. The van der Waals surface area contributed by atoms with Gasteiger partial charge in [0.25, 0.3) is 0 Å². The maximum atomic E-state index is 10.4. The Kier molecular flexibility index (Phi) is 6.53. The molecule has 0 spiro atoms. The number of rotatable bonds is 3. The highest BCUT2D eigenvalue weighted by Crippen LogP contribution is 2.28. The van der Waals surface area contributed by atoms with Crippen LogP contribution in [0.5, 0.6) is 0 Å². The number of benzene rings is 1. The molecule has 0 unspecified atom stereocenters. The van der Waals surface area contributed by atoms with Crippen LogP contribution in [0.1, 0.15) is 10.4 Å². The summed E-state index contributed by atoms with van der Waals surface area (Å²) in [7, 11) is 0. The second-order valence-electron chi connectivity index (χ2n) is 3.09. The molecule has 0 saturated heterocycles. The molecule has 18 heavy (non-hydrogen) atoms. The quantitative estimate of drug-likeness (QED) is 0.354. The summed E-state index contributed by atoms with van der Waals surface area (Å²) in [6, 6.07) is 3.35. The van der Waals surface area contributed by atoms with Gasteiger partial charge in [-0.15, -0.1) is 0 Å². The minimum atomic E-state index is -0.943. The third kappa shape index (κ3) is 4.89.